The fourth-order valence-electron chi connectivity index (χ4n) is 2.48. The molecule has 1 aromatic rings. The Balaban J connectivity index is 0.00000200. The van der Waals surface area contributed by atoms with Gasteiger partial charge in [-0.2, -0.15) is 0 Å². The van der Waals surface area contributed by atoms with Crippen LogP contribution in [0.2, 0.25) is 0 Å². The van der Waals surface area contributed by atoms with Crippen LogP contribution in [0, 0.1) is 0 Å². The number of nitrogens with zero attached hydrogens (tertiary/aromatic N) is 1. The molecule has 0 amide bonds. The number of nitrogens with two attached hydrogens (primary N) is 1. The monoisotopic (exact) mass is 389 g/mol. The molecule has 2 rings (SSSR count). The van der Waals surface area contributed by atoms with Gasteiger partial charge in [0.05, 0.1) is 12.1 Å². The Bertz CT molecular complexity index is 456. The number of hydrogen-bond donors (Lipinski definition) is 3. The third-order valence-corrected chi connectivity index (χ3v) is 3.69. The predicted molar refractivity (Wildman–Crippen MR) is 94.8 cm³/mol. The van der Waals surface area contributed by atoms with E-state index in [0.717, 1.165) is 37.8 Å². The van der Waals surface area contributed by atoms with Gasteiger partial charge in [-0.25, -0.2) is 0 Å². The molecule has 0 spiro atoms. The van der Waals surface area contributed by atoms with Crippen LogP contribution in [0.15, 0.2) is 29.3 Å². The molecule has 20 heavy (non-hydrogen) atoms. The van der Waals surface area contributed by atoms with Gasteiger partial charge < -0.3 is 16.2 Å². The third-order valence-electron chi connectivity index (χ3n) is 3.69. The lowest BCUT2D eigenvalue weighted by atomic mass is 10.0. The summed E-state index contributed by atoms with van der Waals surface area (Å²) in [6, 6.07) is 8.11. The Labute approximate surface area is 137 Å². The molecule has 0 unspecified atom stereocenters. The zero-order valence-electron chi connectivity index (χ0n) is 11.9. The highest BCUT2D eigenvalue weighted by molar-refractivity contribution is 14.0. The van der Waals surface area contributed by atoms with Crippen LogP contribution in [0.4, 0.5) is 5.69 Å². The fraction of sp³-hybridized carbons (Fsp3) is 0.533. The number of rotatable bonds is 4. The van der Waals surface area contributed by atoms with E-state index in [2.05, 4.69) is 29.4 Å². The van der Waals surface area contributed by atoms with Gasteiger partial charge >= 0.3 is 0 Å². The van der Waals surface area contributed by atoms with E-state index in [9.17, 15) is 5.11 Å². The molecule has 1 saturated carbocycles. The largest absolute Gasteiger partial charge is 0.388 e. The van der Waals surface area contributed by atoms with E-state index >= 15 is 0 Å². The van der Waals surface area contributed by atoms with E-state index in [1.807, 2.05) is 12.1 Å². The van der Waals surface area contributed by atoms with Crippen molar-refractivity contribution in [3.63, 3.8) is 0 Å². The number of guanidine groups is 1. The Morgan fingerprint density at radius 1 is 1.40 bits per heavy atom. The first-order valence-electron chi connectivity index (χ1n) is 6.99. The quantitative estimate of drug-likeness (QED) is 0.421. The summed E-state index contributed by atoms with van der Waals surface area (Å²) in [5.41, 5.74) is 7.42. The Morgan fingerprint density at radius 3 is 2.75 bits per heavy atom. The Hall–Kier alpha value is -0.820. The molecule has 0 saturated heterocycles. The SMILES string of the molecule is CCc1cccc(NC(N)=NCC2(O)CCCC2)c1.I. The summed E-state index contributed by atoms with van der Waals surface area (Å²) >= 11 is 0. The van der Waals surface area contributed by atoms with Gasteiger partial charge in [-0.15, -0.1) is 24.0 Å². The average Bonchev–Trinajstić information content (AvgIpc) is 2.84. The molecular weight excluding hydrogens is 365 g/mol. The van der Waals surface area contributed by atoms with Gasteiger partial charge in [0.15, 0.2) is 5.96 Å². The number of halogens is 1. The molecular formula is C15H24IN3O. The molecule has 0 heterocycles. The number of aliphatic imine (C=N–C) groups is 1. The summed E-state index contributed by atoms with van der Waals surface area (Å²) in [4.78, 5) is 4.26. The minimum atomic E-state index is -0.641. The molecule has 0 aliphatic heterocycles. The number of hydrogen-bond acceptors (Lipinski definition) is 2. The average molecular weight is 389 g/mol. The molecule has 0 atom stereocenters. The first kappa shape index (κ1) is 17.2. The highest BCUT2D eigenvalue weighted by Crippen LogP contribution is 2.29. The molecule has 1 aromatic carbocycles. The number of anilines is 1. The second-order valence-corrected chi connectivity index (χ2v) is 5.31. The lowest BCUT2D eigenvalue weighted by Gasteiger charge is -2.19. The lowest BCUT2D eigenvalue weighted by Crippen LogP contribution is -2.31. The van der Waals surface area contributed by atoms with Gasteiger partial charge in [-0.3, -0.25) is 4.99 Å². The molecule has 4 N–H and O–H groups in total. The number of benzene rings is 1. The molecule has 4 nitrogen and oxygen atoms in total. The molecule has 1 fully saturated rings. The maximum absolute atomic E-state index is 10.2. The third kappa shape index (κ3) is 4.94. The van der Waals surface area contributed by atoms with E-state index in [1.54, 1.807) is 0 Å². The number of aliphatic hydroxyl groups is 1. The van der Waals surface area contributed by atoms with Crippen LogP contribution in [-0.2, 0) is 6.42 Å². The van der Waals surface area contributed by atoms with Gasteiger partial charge in [0.25, 0.3) is 0 Å². The summed E-state index contributed by atoms with van der Waals surface area (Å²) in [5, 5.41) is 13.3. The maximum Gasteiger partial charge on any atom is 0.193 e. The van der Waals surface area contributed by atoms with E-state index in [0.29, 0.717) is 12.5 Å². The van der Waals surface area contributed by atoms with Crippen LogP contribution in [0.3, 0.4) is 0 Å². The summed E-state index contributed by atoms with van der Waals surface area (Å²) in [7, 11) is 0. The number of aryl methyl sites for hydroxylation is 1. The van der Waals surface area contributed by atoms with Gasteiger partial charge in [-0.1, -0.05) is 31.9 Å². The van der Waals surface area contributed by atoms with E-state index in [1.165, 1.54) is 5.56 Å². The lowest BCUT2D eigenvalue weighted by molar-refractivity contribution is 0.0575. The van der Waals surface area contributed by atoms with Crippen molar-refractivity contribution < 1.29 is 5.11 Å². The van der Waals surface area contributed by atoms with Crippen molar-refractivity contribution in [3.05, 3.63) is 29.8 Å². The minimum absolute atomic E-state index is 0. The second-order valence-electron chi connectivity index (χ2n) is 5.31. The zero-order valence-corrected chi connectivity index (χ0v) is 14.3. The summed E-state index contributed by atoms with van der Waals surface area (Å²) < 4.78 is 0. The smallest absolute Gasteiger partial charge is 0.193 e. The van der Waals surface area contributed by atoms with Crippen molar-refractivity contribution in [1.29, 1.82) is 0 Å². The minimum Gasteiger partial charge on any atom is -0.388 e. The summed E-state index contributed by atoms with van der Waals surface area (Å²) in [6.45, 7) is 2.51. The van der Waals surface area contributed by atoms with Gasteiger partial charge in [0, 0.05) is 5.69 Å². The van der Waals surface area contributed by atoms with Crippen LogP contribution in [0.1, 0.15) is 38.2 Å². The molecule has 1 aliphatic carbocycles. The van der Waals surface area contributed by atoms with E-state index < -0.39 is 5.60 Å². The predicted octanol–water partition coefficient (Wildman–Crippen LogP) is 2.90. The van der Waals surface area contributed by atoms with Crippen molar-refractivity contribution in [1.82, 2.24) is 0 Å². The van der Waals surface area contributed by atoms with Crippen molar-refractivity contribution in [2.45, 2.75) is 44.6 Å². The topological polar surface area (TPSA) is 70.6 Å². The van der Waals surface area contributed by atoms with Gasteiger partial charge in [0.1, 0.15) is 0 Å². The van der Waals surface area contributed by atoms with Gasteiger partial charge in [0.2, 0.25) is 0 Å². The van der Waals surface area contributed by atoms with Crippen molar-refractivity contribution >= 4 is 35.6 Å². The van der Waals surface area contributed by atoms with Gasteiger partial charge in [-0.05, 0) is 37.0 Å². The van der Waals surface area contributed by atoms with E-state index in [-0.39, 0.29) is 24.0 Å². The Morgan fingerprint density at radius 2 is 2.10 bits per heavy atom. The molecule has 0 aromatic heterocycles. The first-order valence-corrected chi connectivity index (χ1v) is 6.99. The van der Waals surface area contributed by atoms with Crippen LogP contribution in [-0.4, -0.2) is 23.2 Å². The van der Waals surface area contributed by atoms with Crippen molar-refractivity contribution in [3.8, 4) is 0 Å². The van der Waals surface area contributed by atoms with Crippen LogP contribution in [0.5, 0.6) is 0 Å². The first-order chi connectivity index (χ1) is 9.11. The number of nitrogens with one attached hydrogen (secondary N) is 1. The second kappa shape index (κ2) is 7.83. The summed E-state index contributed by atoms with van der Waals surface area (Å²) in [6.07, 6.45) is 4.81. The highest BCUT2D eigenvalue weighted by Gasteiger charge is 2.30. The van der Waals surface area contributed by atoms with Crippen molar-refractivity contribution in [2.75, 3.05) is 11.9 Å². The molecule has 1 aliphatic rings. The molecule has 0 bridgehead atoms. The van der Waals surface area contributed by atoms with Crippen LogP contribution < -0.4 is 11.1 Å². The molecule has 0 radical (unpaired) electrons. The van der Waals surface area contributed by atoms with Crippen LogP contribution >= 0.6 is 24.0 Å². The van der Waals surface area contributed by atoms with Crippen LogP contribution in [0.25, 0.3) is 0 Å². The van der Waals surface area contributed by atoms with Crippen molar-refractivity contribution in [2.24, 2.45) is 10.7 Å². The standard InChI is InChI=1S/C15H23N3O.HI/c1-2-12-6-5-7-13(10-12)18-14(16)17-11-15(19)8-3-4-9-15;/h5-7,10,19H,2-4,8-9,11H2,1H3,(H3,16,17,18);1H. The van der Waals surface area contributed by atoms with E-state index in [4.69, 9.17) is 5.73 Å². The zero-order chi connectivity index (χ0) is 13.7. The summed E-state index contributed by atoms with van der Waals surface area (Å²) in [5.74, 6) is 0.369. The molecule has 5 heteroatoms. The Kier molecular flexibility index (Phi) is 6.75. The molecule has 112 valence electrons. The highest BCUT2D eigenvalue weighted by atomic mass is 127. The maximum atomic E-state index is 10.2. The fourth-order valence-corrected chi connectivity index (χ4v) is 2.48. The normalized spacial score (nSPS) is 17.6.